The first-order valence-electron chi connectivity index (χ1n) is 6.35. The van der Waals surface area contributed by atoms with Crippen molar-refractivity contribution in [3.8, 4) is 11.5 Å². The monoisotopic (exact) mass is 388 g/mol. The highest BCUT2D eigenvalue weighted by atomic mass is 79.9. The van der Waals surface area contributed by atoms with Crippen molar-refractivity contribution in [3.63, 3.8) is 0 Å². The van der Waals surface area contributed by atoms with E-state index in [-0.39, 0.29) is 5.38 Å². The highest BCUT2D eigenvalue weighted by molar-refractivity contribution is 9.10. The van der Waals surface area contributed by atoms with Gasteiger partial charge in [-0.25, -0.2) is 0 Å². The number of hydrogen-bond acceptors (Lipinski definition) is 2. The first kappa shape index (κ1) is 16.5. The van der Waals surface area contributed by atoms with Gasteiger partial charge in [0, 0.05) is 10.6 Å². The standard InChI is InChI=1S/C16H15BrCl2O2/c1-20-15-9-13(17)16(21-2)8-12(15)14(19)7-10-4-3-5-11(18)6-10/h3-6,8-9,14H,7H2,1-2H3. The van der Waals surface area contributed by atoms with Crippen molar-refractivity contribution >= 4 is 39.1 Å². The normalized spacial score (nSPS) is 12.0. The van der Waals surface area contributed by atoms with Crippen molar-refractivity contribution in [2.24, 2.45) is 0 Å². The summed E-state index contributed by atoms with van der Waals surface area (Å²) in [5.74, 6) is 1.45. The number of rotatable bonds is 5. The van der Waals surface area contributed by atoms with E-state index in [1.165, 1.54) is 0 Å². The largest absolute Gasteiger partial charge is 0.496 e. The molecule has 112 valence electrons. The SMILES string of the molecule is COc1cc(C(Cl)Cc2cccc(Cl)c2)c(OC)cc1Br. The summed E-state index contributed by atoms with van der Waals surface area (Å²) < 4.78 is 11.6. The molecule has 2 aromatic rings. The van der Waals surface area contributed by atoms with Crippen LogP contribution in [0.1, 0.15) is 16.5 Å². The zero-order valence-corrected chi connectivity index (χ0v) is 14.8. The summed E-state index contributed by atoms with van der Waals surface area (Å²) in [6, 6.07) is 11.4. The Hall–Kier alpha value is -0.900. The third-order valence-corrected chi connectivity index (χ3v) is 4.39. The van der Waals surface area contributed by atoms with Gasteiger partial charge in [0.2, 0.25) is 0 Å². The van der Waals surface area contributed by atoms with Crippen molar-refractivity contribution < 1.29 is 9.47 Å². The minimum atomic E-state index is -0.236. The summed E-state index contributed by atoms with van der Waals surface area (Å²) in [6.45, 7) is 0. The maximum absolute atomic E-state index is 6.56. The van der Waals surface area contributed by atoms with E-state index in [0.717, 1.165) is 27.1 Å². The molecule has 0 saturated heterocycles. The molecule has 5 heteroatoms. The van der Waals surface area contributed by atoms with Gasteiger partial charge in [0.05, 0.1) is 24.1 Å². The van der Waals surface area contributed by atoms with Crippen LogP contribution in [0.4, 0.5) is 0 Å². The van der Waals surface area contributed by atoms with E-state index in [1.54, 1.807) is 14.2 Å². The maximum Gasteiger partial charge on any atom is 0.133 e. The second-order valence-electron chi connectivity index (χ2n) is 4.53. The van der Waals surface area contributed by atoms with E-state index < -0.39 is 0 Å². The van der Waals surface area contributed by atoms with Crippen molar-refractivity contribution in [2.45, 2.75) is 11.8 Å². The average molecular weight is 390 g/mol. The van der Waals surface area contributed by atoms with Crippen LogP contribution in [0.5, 0.6) is 11.5 Å². The van der Waals surface area contributed by atoms with Gasteiger partial charge in [-0.3, -0.25) is 0 Å². The van der Waals surface area contributed by atoms with Crippen LogP contribution in [0, 0.1) is 0 Å². The topological polar surface area (TPSA) is 18.5 Å². The molecule has 0 bridgehead atoms. The lowest BCUT2D eigenvalue weighted by Gasteiger charge is -2.16. The van der Waals surface area contributed by atoms with E-state index >= 15 is 0 Å². The molecule has 2 rings (SSSR count). The molecule has 0 spiro atoms. The molecule has 0 saturated carbocycles. The van der Waals surface area contributed by atoms with Gasteiger partial charge in [0.1, 0.15) is 11.5 Å². The second-order valence-corrected chi connectivity index (χ2v) is 6.35. The van der Waals surface area contributed by atoms with Gasteiger partial charge < -0.3 is 9.47 Å². The van der Waals surface area contributed by atoms with Crippen LogP contribution in [0.25, 0.3) is 0 Å². The molecule has 0 aliphatic rings. The van der Waals surface area contributed by atoms with Crippen LogP contribution in [-0.4, -0.2) is 14.2 Å². The number of alkyl halides is 1. The summed E-state index contributed by atoms with van der Waals surface area (Å²) in [6.07, 6.45) is 0.656. The first-order chi connectivity index (χ1) is 10.0. The van der Waals surface area contributed by atoms with Gasteiger partial charge >= 0.3 is 0 Å². The fourth-order valence-corrected chi connectivity index (χ4v) is 3.16. The number of methoxy groups -OCH3 is 2. The molecule has 0 N–H and O–H groups in total. The van der Waals surface area contributed by atoms with Gasteiger partial charge in [0.25, 0.3) is 0 Å². The van der Waals surface area contributed by atoms with E-state index in [1.807, 2.05) is 36.4 Å². The molecule has 2 aromatic carbocycles. The number of halogens is 3. The molecular formula is C16H15BrCl2O2. The predicted octanol–water partition coefficient (Wildman–Crippen LogP) is 5.64. The molecule has 0 fully saturated rings. The Morgan fingerprint density at radius 2 is 1.81 bits per heavy atom. The molecule has 0 aromatic heterocycles. The molecule has 1 unspecified atom stereocenters. The molecule has 1 atom stereocenters. The summed E-state index contributed by atoms with van der Waals surface area (Å²) in [5, 5.41) is 0.470. The fourth-order valence-electron chi connectivity index (χ4n) is 2.11. The van der Waals surface area contributed by atoms with Crippen LogP contribution in [0.15, 0.2) is 40.9 Å². The van der Waals surface area contributed by atoms with Gasteiger partial charge in [-0.05, 0) is 52.2 Å². The Morgan fingerprint density at radius 3 is 2.43 bits per heavy atom. The summed E-state index contributed by atoms with van der Waals surface area (Å²) in [7, 11) is 3.25. The lowest BCUT2D eigenvalue weighted by Crippen LogP contribution is -2.01. The summed E-state index contributed by atoms with van der Waals surface area (Å²) in [5.41, 5.74) is 1.96. The van der Waals surface area contributed by atoms with Crippen molar-refractivity contribution in [1.29, 1.82) is 0 Å². The highest BCUT2D eigenvalue weighted by Gasteiger charge is 2.17. The summed E-state index contributed by atoms with van der Waals surface area (Å²) >= 11 is 16.0. The van der Waals surface area contributed by atoms with Gasteiger partial charge in [-0.15, -0.1) is 11.6 Å². The maximum atomic E-state index is 6.56. The van der Waals surface area contributed by atoms with Crippen LogP contribution < -0.4 is 9.47 Å². The van der Waals surface area contributed by atoms with Crippen molar-refractivity contribution in [2.75, 3.05) is 14.2 Å². The number of hydrogen-bond donors (Lipinski definition) is 0. The van der Waals surface area contributed by atoms with E-state index in [2.05, 4.69) is 15.9 Å². The quantitative estimate of drug-likeness (QED) is 0.615. The van der Waals surface area contributed by atoms with Crippen LogP contribution in [0.3, 0.4) is 0 Å². The average Bonchev–Trinajstić information content (AvgIpc) is 2.46. The van der Waals surface area contributed by atoms with Crippen molar-refractivity contribution in [1.82, 2.24) is 0 Å². The predicted molar refractivity (Wildman–Crippen MR) is 91.0 cm³/mol. The number of ether oxygens (including phenoxy) is 2. The molecule has 2 nitrogen and oxygen atoms in total. The zero-order chi connectivity index (χ0) is 15.4. The Kier molecular flexibility index (Phi) is 5.80. The minimum Gasteiger partial charge on any atom is -0.496 e. The lowest BCUT2D eigenvalue weighted by atomic mass is 10.0. The van der Waals surface area contributed by atoms with Gasteiger partial charge in [-0.1, -0.05) is 23.7 Å². The lowest BCUT2D eigenvalue weighted by molar-refractivity contribution is 0.396. The molecular weight excluding hydrogens is 375 g/mol. The molecule has 0 amide bonds. The van der Waals surface area contributed by atoms with Gasteiger partial charge in [-0.2, -0.15) is 0 Å². The zero-order valence-electron chi connectivity index (χ0n) is 11.7. The Labute approximate surface area is 143 Å². The molecule has 0 aliphatic heterocycles. The van der Waals surface area contributed by atoms with E-state index in [4.69, 9.17) is 32.7 Å². The smallest absolute Gasteiger partial charge is 0.133 e. The van der Waals surface area contributed by atoms with Crippen LogP contribution in [0.2, 0.25) is 5.02 Å². The Bertz CT molecular complexity index is 632. The molecule has 21 heavy (non-hydrogen) atoms. The molecule has 0 aliphatic carbocycles. The molecule has 0 heterocycles. The van der Waals surface area contributed by atoms with Crippen LogP contribution in [-0.2, 0) is 6.42 Å². The van der Waals surface area contributed by atoms with Gasteiger partial charge in [0.15, 0.2) is 0 Å². The Balaban J connectivity index is 2.31. The third-order valence-electron chi connectivity index (χ3n) is 3.15. The Morgan fingerprint density at radius 1 is 1.10 bits per heavy atom. The number of benzene rings is 2. The minimum absolute atomic E-state index is 0.236. The second kappa shape index (κ2) is 7.39. The van der Waals surface area contributed by atoms with Crippen molar-refractivity contribution in [3.05, 3.63) is 57.0 Å². The first-order valence-corrected chi connectivity index (χ1v) is 7.95. The summed E-state index contributed by atoms with van der Waals surface area (Å²) in [4.78, 5) is 0. The molecule has 0 radical (unpaired) electrons. The van der Waals surface area contributed by atoms with E-state index in [9.17, 15) is 0 Å². The third kappa shape index (κ3) is 4.06. The van der Waals surface area contributed by atoms with Crippen LogP contribution >= 0.6 is 39.1 Å². The highest BCUT2D eigenvalue weighted by Crippen LogP contribution is 2.39. The van der Waals surface area contributed by atoms with E-state index in [0.29, 0.717) is 11.4 Å². The fraction of sp³-hybridized carbons (Fsp3) is 0.250.